The standard InChI is InChI=1S/C23H22F3NO4S/c1-13-5-10-17(11-18(13)31-22(3,4)21(28)29)32-12-19-14(2)27-20(30-19)15-6-8-16(9-7-15)23(24,25)26/h5-11H,12H2,1-4H3,(H,28,29). The molecule has 3 aromatic rings. The summed E-state index contributed by atoms with van der Waals surface area (Å²) in [6.45, 7) is 6.56. The van der Waals surface area contributed by atoms with Crippen molar-refractivity contribution in [3.05, 3.63) is 65.0 Å². The third kappa shape index (κ3) is 5.45. The Hall–Kier alpha value is -2.94. The van der Waals surface area contributed by atoms with Crippen molar-refractivity contribution in [1.82, 2.24) is 4.98 Å². The maximum atomic E-state index is 12.8. The second-order valence-electron chi connectivity index (χ2n) is 7.74. The van der Waals surface area contributed by atoms with Crippen molar-refractivity contribution in [2.45, 2.75) is 50.1 Å². The Morgan fingerprint density at radius 2 is 1.78 bits per heavy atom. The van der Waals surface area contributed by atoms with Gasteiger partial charge >= 0.3 is 12.1 Å². The highest BCUT2D eigenvalue weighted by Crippen LogP contribution is 2.34. The van der Waals surface area contributed by atoms with Gasteiger partial charge in [-0.15, -0.1) is 11.8 Å². The number of oxazole rings is 1. The van der Waals surface area contributed by atoms with Crippen LogP contribution in [0, 0.1) is 13.8 Å². The Balaban J connectivity index is 1.74. The molecule has 0 bridgehead atoms. The van der Waals surface area contributed by atoms with Crippen molar-refractivity contribution in [3.8, 4) is 17.2 Å². The van der Waals surface area contributed by atoms with Crippen LogP contribution in [0.2, 0.25) is 0 Å². The number of carbonyl (C=O) groups is 1. The third-order valence-corrected chi connectivity index (χ3v) is 5.76. The number of halogens is 3. The predicted molar refractivity (Wildman–Crippen MR) is 115 cm³/mol. The zero-order valence-corrected chi connectivity index (χ0v) is 18.7. The highest BCUT2D eigenvalue weighted by molar-refractivity contribution is 7.98. The molecular weight excluding hydrogens is 443 g/mol. The maximum Gasteiger partial charge on any atom is 0.416 e. The van der Waals surface area contributed by atoms with Gasteiger partial charge in [0, 0.05) is 10.5 Å². The summed E-state index contributed by atoms with van der Waals surface area (Å²) in [6, 6.07) is 10.2. The molecule has 2 aromatic carbocycles. The summed E-state index contributed by atoms with van der Waals surface area (Å²) >= 11 is 1.45. The number of aryl methyl sites for hydroxylation is 2. The number of nitrogens with zero attached hydrogens (tertiary/aromatic N) is 1. The number of carboxylic acid groups (broad SMARTS) is 1. The van der Waals surface area contributed by atoms with E-state index in [9.17, 15) is 23.1 Å². The molecule has 0 amide bonds. The van der Waals surface area contributed by atoms with Crippen molar-refractivity contribution >= 4 is 17.7 Å². The number of hydrogen-bond acceptors (Lipinski definition) is 5. The number of carboxylic acids is 1. The Kier molecular flexibility index (Phi) is 6.59. The maximum absolute atomic E-state index is 12.8. The van der Waals surface area contributed by atoms with E-state index >= 15 is 0 Å². The van der Waals surface area contributed by atoms with Crippen LogP contribution in [0.3, 0.4) is 0 Å². The molecule has 0 radical (unpaired) electrons. The molecule has 0 fully saturated rings. The fourth-order valence-corrected chi connectivity index (χ4v) is 3.66. The van der Waals surface area contributed by atoms with Crippen LogP contribution in [-0.2, 0) is 16.7 Å². The van der Waals surface area contributed by atoms with E-state index in [4.69, 9.17) is 9.15 Å². The number of hydrogen-bond donors (Lipinski definition) is 1. The van der Waals surface area contributed by atoms with Crippen molar-refractivity contribution in [1.29, 1.82) is 0 Å². The summed E-state index contributed by atoms with van der Waals surface area (Å²) in [7, 11) is 0. The monoisotopic (exact) mass is 465 g/mol. The van der Waals surface area contributed by atoms with Gasteiger partial charge in [-0.25, -0.2) is 9.78 Å². The van der Waals surface area contributed by atoms with E-state index in [-0.39, 0.29) is 5.89 Å². The topological polar surface area (TPSA) is 72.6 Å². The van der Waals surface area contributed by atoms with Gasteiger partial charge in [-0.05, 0) is 69.7 Å². The number of rotatable bonds is 7. The fraction of sp³-hybridized carbons (Fsp3) is 0.304. The van der Waals surface area contributed by atoms with Gasteiger partial charge in [-0.2, -0.15) is 13.2 Å². The van der Waals surface area contributed by atoms with Crippen molar-refractivity contribution in [2.24, 2.45) is 0 Å². The van der Waals surface area contributed by atoms with Crippen LogP contribution < -0.4 is 4.74 Å². The lowest BCUT2D eigenvalue weighted by Gasteiger charge is -2.23. The first kappa shape index (κ1) is 23.7. The molecule has 3 rings (SSSR count). The Labute approximate surface area is 187 Å². The van der Waals surface area contributed by atoms with Gasteiger partial charge in [-0.3, -0.25) is 0 Å². The van der Waals surface area contributed by atoms with Gasteiger partial charge in [0.2, 0.25) is 5.89 Å². The average Bonchev–Trinajstić information content (AvgIpc) is 3.08. The fourth-order valence-electron chi connectivity index (χ4n) is 2.73. The van der Waals surface area contributed by atoms with E-state index in [1.807, 2.05) is 19.1 Å². The van der Waals surface area contributed by atoms with E-state index in [1.165, 1.54) is 37.7 Å². The summed E-state index contributed by atoms with van der Waals surface area (Å²) in [5, 5.41) is 9.29. The molecule has 0 aliphatic rings. The lowest BCUT2D eigenvalue weighted by atomic mass is 10.1. The van der Waals surface area contributed by atoms with Gasteiger partial charge in [0.25, 0.3) is 0 Å². The molecule has 0 unspecified atom stereocenters. The van der Waals surface area contributed by atoms with Crippen molar-refractivity contribution < 1.29 is 32.2 Å². The molecule has 170 valence electrons. The summed E-state index contributed by atoms with van der Waals surface area (Å²) in [4.78, 5) is 16.5. The second kappa shape index (κ2) is 8.90. The molecule has 0 aliphatic carbocycles. The van der Waals surface area contributed by atoms with E-state index in [0.717, 1.165) is 22.6 Å². The molecule has 5 nitrogen and oxygen atoms in total. The first-order valence-corrected chi connectivity index (χ1v) is 10.6. The Bertz CT molecular complexity index is 1120. The zero-order chi connectivity index (χ0) is 23.7. The number of aromatic nitrogens is 1. The first-order chi connectivity index (χ1) is 14.9. The van der Waals surface area contributed by atoms with Gasteiger partial charge < -0.3 is 14.3 Å². The van der Waals surface area contributed by atoms with Crippen molar-refractivity contribution in [3.63, 3.8) is 0 Å². The van der Waals surface area contributed by atoms with Gasteiger partial charge in [0.15, 0.2) is 5.60 Å². The predicted octanol–water partition coefficient (Wildman–Crippen LogP) is 6.51. The molecule has 9 heteroatoms. The van der Waals surface area contributed by atoms with Crippen LogP contribution in [-0.4, -0.2) is 21.7 Å². The molecule has 32 heavy (non-hydrogen) atoms. The van der Waals surface area contributed by atoms with E-state index in [0.29, 0.717) is 28.5 Å². The number of aliphatic carboxylic acids is 1. The van der Waals surface area contributed by atoms with Crippen LogP contribution in [0.15, 0.2) is 51.8 Å². The van der Waals surface area contributed by atoms with E-state index < -0.39 is 23.3 Å². The molecule has 1 N–H and O–H groups in total. The molecular formula is C23H22F3NO4S. The Morgan fingerprint density at radius 1 is 1.12 bits per heavy atom. The SMILES string of the molecule is Cc1ccc(SCc2oc(-c3ccc(C(F)(F)F)cc3)nc2C)cc1OC(C)(C)C(=O)O. The minimum atomic E-state index is -4.40. The third-order valence-electron chi connectivity index (χ3n) is 4.76. The highest BCUT2D eigenvalue weighted by atomic mass is 32.2. The summed E-state index contributed by atoms with van der Waals surface area (Å²) < 4.78 is 49.7. The summed E-state index contributed by atoms with van der Waals surface area (Å²) in [5.74, 6) is 0.691. The minimum Gasteiger partial charge on any atom is -0.478 e. The lowest BCUT2D eigenvalue weighted by molar-refractivity contribution is -0.152. The number of benzene rings is 2. The summed E-state index contributed by atoms with van der Waals surface area (Å²) in [6.07, 6.45) is -4.40. The molecule has 0 saturated carbocycles. The van der Waals surface area contributed by atoms with E-state index in [1.54, 1.807) is 13.0 Å². The number of ether oxygens (including phenoxy) is 1. The normalized spacial score (nSPS) is 12.1. The smallest absolute Gasteiger partial charge is 0.416 e. The first-order valence-electron chi connectivity index (χ1n) is 9.66. The van der Waals surface area contributed by atoms with Gasteiger partial charge in [-0.1, -0.05) is 6.07 Å². The lowest BCUT2D eigenvalue weighted by Crippen LogP contribution is -2.38. The largest absolute Gasteiger partial charge is 0.478 e. The van der Waals surface area contributed by atoms with Gasteiger partial charge in [0.05, 0.1) is 17.0 Å². The molecule has 0 saturated heterocycles. The number of thioether (sulfide) groups is 1. The molecule has 1 aromatic heterocycles. The Morgan fingerprint density at radius 3 is 2.38 bits per heavy atom. The zero-order valence-electron chi connectivity index (χ0n) is 17.9. The quantitative estimate of drug-likeness (QED) is 0.401. The van der Waals surface area contributed by atoms with Crippen molar-refractivity contribution in [2.75, 3.05) is 0 Å². The average molecular weight is 465 g/mol. The molecule has 0 atom stereocenters. The second-order valence-corrected chi connectivity index (χ2v) is 8.78. The van der Waals surface area contributed by atoms with Crippen LogP contribution in [0.25, 0.3) is 11.5 Å². The van der Waals surface area contributed by atoms with E-state index in [2.05, 4.69) is 4.98 Å². The highest BCUT2D eigenvalue weighted by Gasteiger charge is 2.31. The molecule has 0 spiro atoms. The number of alkyl halides is 3. The van der Waals surface area contributed by atoms with Crippen LogP contribution in [0.1, 0.15) is 36.4 Å². The van der Waals surface area contributed by atoms with Crippen LogP contribution in [0.5, 0.6) is 5.75 Å². The summed E-state index contributed by atoms with van der Waals surface area (Å²) in [5.41, 5.74) is -0.193. The minimum absolute atomic E-state index is 0.253. The van der Waals surface area contributed by atoms with Crippen LogP contribution in [0.4, 0.5) is 13.2 Å². The van der Waals surface area contributed by atoms with Crippen LogP contribution >= 0.6 is 11.8 Å². The van der Waals surface area contributed by atoms with Gasteiger partial charge in [0.1, 0.15) is 11.5 Å². The molecule has 1 heterocycles. The molecule has 0 aliphatic heterocycles.